The zero-order chi connectivity index (χ0) is 50.5. The maximum atomic E-state index is 14.6. The summed E-state index contributed by atoms with van der Waals surface area (Å²) >= 11 is 0. The van der Waals surface area contributed by atoms with Crippen molar-refractivity contribution in [2.45, 2.75) is 136 Å². The molecule has 5 rings (SSSR count). The normalized spacial score (nSPS) is 15.4. The van der Waals surface area contributed by atoms with E-state index < -0.39 is 108 Å². The first-order valence-corrected chi connectivity index (χ1v) is 23.8. The number of nitrogens with one attached hydrogen (secondary N) is 7. The molecule has 0 aliphatic heterocycles. The van der Waals surface area contributed by atoms with Crippen LogP contribution in [-0.4, -0.2) is 158 Å². The molecule has 6 amide bonds. The molecule has 0 fully saturated rings. The van der Waals surface area contributed by atoms with E-state index in [1.807, 2.05) is 86.6 Å². The van der Waals surface area contributed by atoms with E-state index >= 15 is 0 Å². The number of benzene rings is 3. The third-order valence-corrected chi connectivity index (χ3v) is 13.1. The van der Waals surface area contributed by atoms with E-state index in [1.165, 1.54) is 6.92 Å². The number of fused-ring (bicyclic) bond motifs is 3. The second-order valence-corrected chi connectivity index (χ2v) is 18.6. The van der Waals surface area contributed by atoms with Gasteiger partial charge in [0.1, 0.15) is 36.3 Å². The van der Waals surface area contributed by atoms with Gasteiger partial charge in [-0.3, -0.25) is 33.6 Å². The maximum absolute atomic E-state index is 14.6. The van der Waals surface area contributed by atoms with E-state index in [0.29, 0.717) is 31.2 Å². The average molecular weight is 998 g/mol. The van der Waals surface area contributed by atoms with Crippen LogP contribution in [0.1, 0.15) is 108 Å². The molecule has 374 valence electrons. The Balaban J connectivity index is 0.00000666. The number of H-pyrrole nitrogens is 1. The Kier molecular flexibility index (Phi) is 24.0. The summed E-state index contributed by atoms with van der Waals surface area (Å²) in [6.45, 7) is 11.9. The first-order chi connectivity index (χ1) is 32.8. The predicted molar refractivity (Wildman–Crippen MR) is 274 cm³/mol. The molecule has 3 unspecified atom stereocenters. The number of carboxylic acid groups (broad SMARTS) is 2. The third kappa shape index (κ3) is 16.2. The Bertz CT molecular complexity index is 2470. The van der Waals surface area contributed by atoms with Gasteiger partial charge in [-0.25, -0.2) is 4.79 Å². The van der Waals surface area contributed by atoms with Crippen molar-refractivity contribution in [3.05, 3.63) is 107 Å². The molecule has 1 aliphatic carbocycles. The number of hydrogen-bond acceptors (Lipinski definition) is 8. The van der Waals surface area contributed by atoms with Gasteiger partial charge in [0.25, 0.3) is 0 Å². The number of amides is 6. The fourth-order valence-corrected chi connectivity index (χ4v) is 8.95. The third-order valence-electron chi connectivity index (χ3n) is 13.1. The number of rotatable bonds is 23. The Morgan fingerprint density at radius 2 is 1.08 bits per heavy atom. The molecule has 0 saturated carbocycles. The Morgan fingerprint density at radius 1 is 0.606 bits per heavy atom. The zero-order valence-electron chi connectivity index (χ0n) is 40.4. The van der Waals surface area contributed by atoms with Crippen molar-refractivity contribution in [2.75, 3.05) is 0 Å². The quantitative estimate of drug-likeness (QED) is 0.0491. The Morgan fingerprint density at radius 3 is 1.61 bits per heavy atom. The molecule has 71 heavy (non-hydrogen) atoms. The van der Waals surface area contributed by atoms with Gasteiger partial charge in [-0.05, 0) is 70.9 Å². The number of hydrogen-bond donors (Lipinski definition) is 9. The fraction of sp³-hybridized carbons (Fsp3) is 0.462. The zero-order valence-corrected chi connectivity index (χ0v) is 40.4. The molecule has 4 aromatic rings. The van der Waals surface area contributed by atoms with Crippen molar-refractivity contribution in [3.8, 4) is 0 Å². The van der Waals surface area contributed by atoms with Crippen molar-refractivity contribution >= 4 is 117 Å². The van der Waals surface area contributed by atoms with Crippen molar-refractivity contribution < 1.29 is 48.6 Å². The van der Waals surface area contributed by atoms with Crippen LogP contribution in [0.25, 0.3) is 10.9 Å². The summed E-state index contributed by atoms with van der Waals surface area (Å²) in [7, 11) is 0. The van der Waals surface area contributed by atoms with Crippen LogP contribution in [-0.2, 0) is 57.6 Å². The molecule has 0 radical (unpaired) electrons. The summed E-state index contributed by atoms with van der Waals surface area (Å²) < 4.78 is 0. The second-order valence-electron chi connectivity index (χ2n) is 18.6. The number of para-hydroxylation sites is 1. The first kappa shape index (κ1) is 60.3. The molecule has 1 aliphatic rings. The van der Waals surface area contributed by atoms with Gasteiger partial charge in [0.05, 0.1) is 6.42 Å². The number of aryl methyl sites for hydroxylation is 2. The molecule has 1 heterocycles. The van der Waals surface area contributed by atoms with E-state index in [4.69, 9.17) is 0 Å². The van der Waals surface area contributed by atoms with Crippen LogP contribution in [0.2, 0.25) is 0 Å². The van der Waals surface area contributed by atoms with E-state index in [9.17, 15) is 48.6 Å². The second kappa shape index (κ2) is 28.3. The van der Waals surface area contributed by atoms with Gasteiger partial charge >= 0.3 is 71.1 Å². The topological polar surface area (TPSA) is 265 Å². The molecule has 17 nitrogen and oxygen atoms in total. The molecular formula is C52H69N7Na2O10. The van der Waals surface area contributed by atoms with Crippen LogP contribution in [0.4, 0.5) is 0 Å². The average Bonchev–Trinajstić information content (AvgIpc) is 3.64. The van der Waals surface area contributed by atoms with Crippen LogP contribution < -0.4 is 31.9 Å². The van der Waals surface area contributed by atoms with Gasteiger partial charge in [-0.1, -0.05) is 121 Å². The molecule has 0 spiro atoms. The number of carbonyl (C=O) groups is 8. The molecule has 0 bridgehead atoms. The fourth-order valence-electron chi connectivity index (χ4n) is 8.95. The number of aromatic amines is 1. The molecule has 8 atom stereocenters. The van der Waals surface area contributed by atoms with E-state index in [0.717, 1.165) is 33.2 Å². The van der Waals surface area contributed by atoms with Gasteiger partial charge in [0.2, 0.25) is 35.4 Å². The first-order valence-electron chi connectivity index (χ1n) is 23.8. The van der Waals surface area contributed by atoms with Crippen LogP contribution in [0.3, 0.4) is 0 Å². The predicted octanol–water partition coefficient (Wildman–Crippen LogP) is 2.97. The van der Waals surface area contributed by atoms with Gasteiger partial charge in [0.15, 0.2) is 0 Å². The SMILES string of the molecule is CCC(C)[C@H](NC(=O)[C@H](CC(=O)O)NC(=O)[C@H](CC(C)C)NC(=O)C(NC(C)=O)C1c2ccccc2CCc2ccccc21)C(=O)N[C@H](C(=O)N[C@@H](Cc1c[nH]c2ccccc12)C(=O)O)C(C)CC.[NaH].[NaH]. The van der Waals surface area contributed by atoms with Crippen LogP contribution in [0.15, 0.2) is 79.0 Å². The van der Waals surface area contributed by atoms with Gasteiger partial charge in [-0.2, -0.15) is 0 Å². The summed E-state index contributed by atoms with van der Waals surface area (Å²) in [5.41, 5.74) is 5.18. The van der Waals surface area contributed by atoms with E-state index in [-0.39, 0.29) is 77.9 Å². The Hall–Kier alpha value is -5.04. The summed E-state index contributed by atoms with van der Waals surface area (Å²) in [5, 5.41) is 37.0. The summed E-state index contributed by atoms with van der Waals surface area (Å²) in [6.07, 6.45) is 3.00. The molecule has 0 saturated heterocycles. The number of aliphatic carboxylic acids is 2. The van der Waals surface area contributed by atoms with Crippen molar-refractivity contribution in [1.29, 1.82) is 0 Å². The summed E-state index contributed by atoms with van der Waals surface area (Å²) in [6, 6.07) is 14.6. The van der Waals surface area contributed by atoms with Gasteiger partial charge in [0, 0.05) is 36.4 Å². The van der Waals surface area contributed by atoms with E-state index in [1.54, 1.807) is 33.9 Å². The summed E-state index contributed by atoms with van der Waals surface area (Å²) in [5.74, 6) is -9.11. The molecule has 3 aromatic carbocycles. The van der Waals surface area contributed by atoms with Crippen LogP contribution >= 0.6 is 0 Å². The van der Waals surface area contributed by atoms with Crippen molar-refractivity contribution in [2.24, 2.45) is 17.8 Å². The van der Waals surface area contributed by atoms with Crippen LogP contribution in [0, 0.1) is 17.8 Å². The molecular weight excluding hydrogens is 929 g/mol. The standard InChI is InChI=1S/C52H67N7O10.2Na.2H/c1-8-29(5)44(49(65)57-41(52(68)69)25-34-27-53-38-21-15-14-18-35(34)38)59-50(66)45(30(6)9-2)58-48(64)40(26-42(61)62)55-47(63)39(24-28(3)4)56-51(67)46(54-31(7)60)43-36-19-12-10-16-32(36)22-23-33-17-11-13-20-37(33)43;;;;/h10-21,27-30,39-41,43-46,53H,8-9,22-26H2,1-7H3,(H,54,60)(H,55,63)(H,56,67)(H,57,65)(H,58,64)(H,59,66)(H,61,62)(H,68,69);;;;/t29?,30?,39-,40-,41-,44-,45-,46?;;;;/m0..../s1. The molecule has 9 N–H and O–H groups in total. The minimum atomic E-state index is -1.72. The molecule has 19 heteroatoms. The number of aromatic nitrogens is 1. The molecule has 1 aromatic heterocycles. The minimum absolute atomic E-state index is 0. The number of carbonyl (C=O) groups excluding carboxylic acids is 6. The number of carboxylic acids is 2. The summed E-state index contributed by atoms with van der Waals surface area (Å²) in [4.78, 5) is 112. The van der Waals surface area contributed by atoms with Gasteiger partial charge < -0.3 is 47.1 Å². The monoisotopic (exact) mass is 997 g/mol. The Labute approximate surface area is 459 Å². The van der Waals surface area contributed by atoms with Crippen molar-refractivity contribution in [1.82, 2.24) is 36.9 Å². The van der Waals surface area contributed by atoms with Crippen molar-refractivity contribution in [3.63, 3.8) is 0 Å². The van der Waals surface area contributed by atoms with Crippen LogP contribution in [0.5, 0.6) is 0 Å². The van der Waals surface area contributed by atoms with Gasteiger partial charge in [-0.15, -0.1) is 0 Å². The van der Waals surface area contributed by atoms with E-state index in [2.05, 4.69) is 36.9 Å².